The van der Waals surface area contributed by atoms with Crippen LogP contribution in [0.1, 0.15) is 37.0 Å². The molecule has 0 radical (unpaired) electrons. The van der Waals surface area contributed by atoms with Gasteiger partial charge in [-0.1, -0.05) is 6.92 Å². The summed E-state index contributed by atoms with van der Waals surface area (Å²) in [4.78, 5) is 14.6. The van der Waals surface area contributed by atoms with E-state index in [0.717, 1.165) is 25.9 Å². The van der Waals surface area contributed by atoms with Gasteiger partial charge in [-0.15, -0.1) is 0 Å². The number of amides is 1. The van der Waals surface area contributed by atoms with Gasteiger partial charge < -0.3 is 9.64 Å². The molecule has 0 aromatic heterocycles. The molecule has 7 heteroatoms. The van der Waals surface area contributed by atoms with Gasteiger partial charge in [-0.05, 0) is 49.9 Å². The summed E-state index contributed by atoms with van der Waals surface area (Å²) in [5.74, 6) is 0.642. The molecule has 0 saturated carbocycles. The summed E-state index contributed by atoms with van der Waals surface area (Å²) in [7, 11) is -3.54. The number of carbonyl (C=O) groups excluding carboxylic acids is 1. The zero-order chi connectivity index (χ0) is 18.0. The van der Waals surface area contributed by atoms with Crippen LogP contribution >= 0.6 is 0 Å². The minimum atomic E-state index is -3.54. The van der Waals surface area contributed by atoms with E-state index < -0.39 is 10.0 Å². The second kappa shape index (κ2) is 7.43. The highest BCUT2D eigenvalue weighted by molar-refractivity contribution is 7.89. The summed E-state index contributed by atoms with van der Waals surface area (Å²) >= 11 is 0. The lowest BCUT2D eigenvalue weighted by Gasteiger charge is -2.31. The Morgan fingerprint density at radius 3 is 2.32 bits per heavy atom. The smallest absolute Gasteiger partial charge is 0.253 e. The molecule has 0 aliphatic carbocycles. The predicted octanol–water partition coefficient (Wildman–Crippen LogP) is 1.97. The zero-order valence-electron chi connectivity index (χ0n) is 14.8. The molecule has 1 unspecified atom stereocenters. The molecule has 2 heterocycles. The molecule has 2 aliphatic rings. The highest BCUT2D eigenvalue weighted by Gasteiger charge is 2.29. The Bertz CT molecular complexity index is 709. The maximum Gasteiger partial charge on any atom is 0.253 e. The van der Waals surface area contributed by atoms with Crippen LogP contribution in [0.3, 0.4) is 0 Å². The van der Waals surface area contributed by atoms with Crippen molar-refractivity contribution in [2.45, 2.75) is 37.7 Å². The Labute approximate surface area is 149 Å². The average molecular weight is 366 g/mol. The third kappa shape index (κ3) is 4.04. The number of sulfonamides is 1. The first-order valence-corrected chi connectivity index (χ1v) is 10.3. The topological polar surface area (TPSA) is 66.9 Å². The largest absolute Gasteiger partial charge is 0.376 e. The molecule has 0 spiro atoms. The fourth-order valence-corrected chi connectivity index (χ4v) is 4.82. The number of benzene rings is 1. The summed E-state index contributed by atoms with van der Waals surface area (Å²) in [5.41, 5.74) is 0.545. The summed E-state index contributed by atoms with van der Waals surface area (Å²) in [6, 6.07) is 6.32. The lowest BCUT2D eigenvalue weighted by Crippen LogP contribution is -2.44. The molecule has 2 aliphatic heterocycles. The third-order valence-corrected chi connectivity index (χ3v) is 6.89. The molecule has 2 fully saturated rings. The van der Waals surface area contributed by atoms with E-state index in [1.807, 2.05) is 11.8 Å². The number of nitrogens with zero attached hydrogens (tertiary/aromatic N) is 2. The highest BCUT2D eigenvalue weighted by Crippen LogP contribution is 2.21. The van der Waals surface area contributed by atoms with Gasteiger partial charge in [-0.3, -0.25) is 4.79 Å². The van der Waals surface area contributed by atoms with E-state index in [9.17, 15) is 13.2 Å². The molecule has 1 aromatic carbocycles. The third-order valence-electron chi connectivity index (χ3n) is 5.01. The monoisotopic (exact) mass is 366 g/mol. The summed E-state index contributed by atoms with van der Waals surface area (Å²) < 4.78 is 32.3. The van der Waals surface area contributed by atoms with Crippen LogP contribution in [0, 0.1) is 5.92 Å². The van der Waals surface area contributed by atoms with Crippen molar-refractivity contribution < 1.29 is 17.9 Å². The number of hydrogen-bond donors (Lipinski definition) is 0. The Morgan fingerprint density at radius 1 is 1.08 bits per heavy atom. The summed E-state index contributed by atoms with van der Waals surface area (Å²) in [5, 5.41) is 0. The van der Waals surface area contributed by atoms with E-state index >= 15 is 0 Å². The average Bonchev–Trinajstić information content (AvgIpc) is 2.62. The number of rotatable bonds is 3. The summed E-state index contributed by atoms with van der Waals surface area (Å²) in [6.45, 7) is 6.73. The predicted molar refractivity (Wildman–Crippen MR) is 94.9 cm³/mol. The first-order valence-electron chi connectivity index (χ1n) is 8.89. The molecule has 1 amide bonds. The highest BCUT2D eigenvalue weighted by atomic mass is 32.2. The lowest BCUT2D eigenvalue weighted by atomic mass is 9.98. The molecule has 25 heavy (non-hydrogen) atoms. The van der Waals surface area contributed by atoms with Gasteiger partial charge in [0.15, 0.2) is 0 Å². The molecule has 6 nitrogen and oxygen atoms in total. The van der Waals surface area contributed by atoms with Crippen molar-refractivity contribution in [2.24, 2.45) is 5.92 Å². The van der Waals surface area contributed by atoms with Crippen molar-refractivity contribution in [3.63, 3.8) is 0 Å². The number of carbonyl (C=O) groups is 1. The summed E-state index contributed by atoms with van der Waals surface area (Å²) in [6.07, 6.45) is 1.94. The molecular weight excluding hydrogens is 340 g/mol. The normalized spacial score (nSPS) is 23.6. The van der Waals surface area contributed by atoms with Crippen LogP contribution in [-0.4, -0.2) is 62.4 Å². The number of morpholine rings is 1. The maximum atomic E-state index is 12.7. The number of hydrogen-bond acceptors (Lipinski definition) is 4. The molecule has 0 bridgehead atoms. The van der Waals surface area contributed by atoms with Gasteiger partial charge in [0.25, 0.3) is 5.91 Å². The van der Waals surface area contributed by atoms with Gasteiger partial charge in [0.1, 0.15) is 0 Å². The second-order valence-electron chi connectivity index (χ2n) is 7.04. The molecule has 3 rings (SSSR count). The van der Waals surface area contributed by atoms with Crippen LogP contribution in [0.25, 0.3) is 0 Å². The van der Waals surface area contributed by atoms with Gasteiger partial charge in [0.2, 0.25) is 10.0 Å². The van der Waals surface area contributed by atoms with Crippen LogP contribution in [0.15, 0.2) is 29.2 Å². The Balaban J connectivity index is 1.72. The molecule has 0 N–H and O–H groups in total. The van der Waals surface area contributed by atoms with Gasteiger partial charge >= 0.3 is 0 Å². The Hall–Kier alpha value is -1.44. The molecular formula is C18H26N2O4S. The van der Waals surface area contributed by atoms with Gasteiger partial charge in [0, 0.05) is 31.7 Å². The van der Waals surface area contributed by atoms with Crippen molar-refractivity contribution in [1.82, 2.24) is 9.21 Å². The molecule has 1 atom stereocenters. The van der Waals surface area contributed by atoms with E-state index in [1.165, 1.54) is 16.4 Å². The molecule has 1 aromatic rings. The van der Waals surface area contributed by atoms with Crippen molar-refractivity contribution in [1.29, 1.82) is 0 Å². The number of ether oxygens (including phenoxy) is 1. The van der Waals surface area contributed by atoms with Crippen LogP contribution < -0.4 is 0 Å². The van der Waals surface area contributed by atoms with E-state index in [-0.39, 0.29) is 16.9 Å². The molecule has 2 saturated heterocycles. The fraction of sp³-hybridized carbons (Fsp3) is 0.611. The minimum Gasteiger partial charge on any atom is -0.376 e. The van der Waals surface area contributed by atoms with Gasteiger partial charge in [0.05, 0.1) is 17.6 Å². The van der Waals surface area contributed by atoms with Gasteiger partial charge in [-0.2, -0.15) is 4.31 Å². The van der Waals surface area contributed by atoms with E-state index in [2.05, 4.69) is 6.92 Å². The zero-order valence-corrected chi connectivity index (χ0v) is 15.7. The van der Waals surface area contributed by atoms with Crippen molar-refractivity contribution in [3.8, 4) is 0 Å². The minimum absolute atomic E-state index is 0.0177. The fourth-order valence-electron chi connectivity index (χ4n) is 3.32. The molecule has 138 valence electrons. The van der Waals surface area contributed by atoms with Crippen molar-refractivity contribution in [2.75, 3.05) is 32.8 Å². The maximum absolute atomic E-state index is 12.7. The van der Waals surface area contributed by atoms with Crippen molar-refractivity contribution >= 4 is 15.9 Å². The van der Waals surface area contributed by atoms with E-state index in [1.54, 1.807) is 12.1 Å². The quantitative estimate of drug-likeness (QED) is 0.820. The van der Waals surface area contributed by atoms with E-state index in [4.69, 9.17) is 4.74 Å². The van der Waals surface area contributed by atoms with Crippen LogP contribution in [-0.2, 0) is 14.8 Å². The lowest BCUT2D eigenvalue weighted by molar-refractivity contribution is 0.0102. The van der Waals surface area contributed by atoms with E-state index in [0.29, 0.717) is 31.2 Å². The SMILES string of the molecule is CC1CCN(C(=O)c2ccc(S(=O)(=O)N3CCOC(C)C3)cc2)CC1. The number of piperidine rings is 1. The Kier molecular flexibility index (Phi) is 5.46. The van der Waals surface area contributed by atoms with Crippen LogP contribution in [0.5, 0.6) is 0 Å². The first-order chi connectivity index (χ1) is 11.9. The standard InChI is InChI=1S/C18H26N2O4S/c1-14-7-9-19(10-8-14)18(21)16-3-5-17(6-4-16)25(22,23)20-11-12-24-15(2)13-20/h3-6,14-15H,7-13H2,1-2H3. The first kappa shape index (κ1) is 18.4. The van der Waals surface area contributed by atoms with Crippen LogP contribution in [0.2, 0.25) is 0 Å². The van der Waals surface area contributed by atoms with Crippen molar-refractivity contribution in [3.05, 3.63) is 29.8 Å². The number of likely N-dealkylation sites (tertiary alicyclic amines) is 1. The van der Waals surface area contributed by atoms with Gasteiger partial charge in [-0.25, -0.2) is 8.42 Å². The van der Waals surface area contributed by atoms with Crippen LogP contribution in [0.4, 0.5) is 0 Å². The Morgan fingerprint density at radius 2 is 1.72 bits per heavy atom. The second-order valence-corrected chi connectivity index (χ2v) is 8.98.